The second-order valence-electron chi connectivity index (χ2n) is 6.59. The largest absolute Gasteiger partial charge is 0.351 e. The normalized spacial score (nSPS) is 25.6. The lowest BCUT2D eigenvalue weighted by molar-refractivity contribution is -0.130. The van der Waals surface area contributed by atoms with E-state index in [1.54, 1.807) is 0 Å². The Morgan fingerprint density at radius 2 is 2.12 bits per heavy atom. The van der Waals surface area contributed by atoms with Gasteiger partial charge in [0.15, 0.2) is 0 Å². The average Bonchev–Trinajstić information content (AvgIpc) is 3.12. The molecule has 1 aromatic rings. The Morgan fingerprint density at radius 3 is 2.88 bits per heavy atom. The maximum Gasteiger partial charge on any atom is 0.252 e. The lowest BCUT2D eigenvalue weighted by Gasteiger charge is -2.19. The monoisotopic (exact) mass is 397 g/mol. The maximum atomic E-state index is 13.2. The van der Waals surface area contributed by atoms with Gasteiger partial charge in [0, 0.05) is 36.6 Å². The minimum absolute atomic E-state index is 0.0372. The summed E-state index contributed by atoms with van der Waals surface area (Å²) in [4.78, 5) is 26.2. The van der Waals surface area contributed by atoms with Gasteiger partial charge < -0.3 is 16.0 Å². The molecule has 1 aromatic carbocycles. The highest BCUT2D eigenvalue weighted by Gasteiger charge is 2.42. The van der Waals surface area contributed by atoms with Gasteiger partial charge in [-0.15, -0.1) is 0 Å². The van der Waals surface area contributed by atoms with Crippen LogP contribution in [0.1, 0.15) is 29.6 Å². The van der Waals surface area contributed by atoms with Crippen molar-refractivity contribution in [1.29, 1.82) is 0 Å². The van der Waals surface area contributed by atoms with E-state index in [1.165, 1.54) is 18.2 Å². The van der Waals surface area contributed by atoms with Crippen molar-refractivity contribution < 1.29 is 14.0 Å². The highest BCUT2D eigenvalue weighted by molar-refractivity contribution is 9.10. The topological polar surface area (TPSA) is 75.4 Å². The maximum absolute atomic E-state index is 13.2. The number of carbonyl (C=O) groups excluding carboxylic acids is 2. The molecule has 3 unspecified atom stereocenters. The number of nitrogens with one attached hydrogen (secondary N) is 1. The predicted molar refractivity (Wildman–Crippen MR) is 91.8 cm³/mol. The third-order valence-electron chi connectivity index (χ3n) is 5.06. The molecule has 5 nitrogen and oxygen atoms in total. The van der Waals surface area contributed by atoms with E-state index in [4.69, 9.17) is 5.73 Å². The molecule has 2 aliphatic rings. The van der Waals surface area contributed by atoms with Gasteiger partial charge in [0.05, 0.1) is 5.56 Å². The van der Waals surface area contributed by atoms with E-state index in [-0.39, 0.29) is 30.5 Å². The molecular formula is C17H21BrFN3O2. The minimum Gasteiger partial charge on any atom is -0.351 e. The molecule has 1 aliphatic heterocycles. The lowest BCUT2D eigenvalue weighted by Crippen LogP contribution is -2.35. The van der Waals surface area contributed by atoms with Gasteiger partial charge in [-0.1, -0.05) is 0 Å². The third kappa shape index (κ3) is 3.62. The van der Waals surface area contributed by atoms with Gasteiger partial charge in [-0.25, -0.2) is 4.39 Å². The van der Waals surface area contributed by atoms with E-state index in [9.17, 15) is 14.0 Å². The summed E-state index contributed by atoms with van der Waals surface area (Å²) in [6.45, 7) is 1.74. The second-order valence-corrected chi connectivity index (χ2v) is 7.45. The molecule has 3 rings (SSSR count). The summed E-state index contributed by atoms with van der Waals surface area (Å²) in [5.41, 5.74) is 6.31. The highest BCUT2D eigenvalue weighted by atomic mass is 79.9. The van der Waals surface area contributed by atoms with Gasteiger partial charge in [-0.2, -0.15) is 0 Å². The van der Waals surface area contributed by atoms with Crippen molar-refractivity contribution in [2.75, 3.05) is 19.6 Å². The minimum atomic E-state index is -0.473. The molecule has 2 fully saturated rings. The van der Waals surface area contributed by atoms with Gasteiger partial charge in [-0.3, -0.25) is 9.59 Å². The van der Waals surface area contributed by atoms with Crippen LogP contribution in [0.2, 0.25) is 0 Å². The summed E-state index contributed by atoms with van der Waals surface area (Å²) in [5.74, 6) is 0.123. The average molecular weight is 398 g/mol. The number of likely N-dealkylation sites (tertiary alicyclic amines) is 1. The number of nitrogens with two attached hydrogens (primary N) is 1. The van der Waals surface area contributed by atoms with E-state index < -0.39 is 11.7 Å². The molecule has 3 atom stereocenters. The van der Waals surface area contributed by atoms with E-state index >= 15 is 0 Å². The molecule has 0 aromatic heterocycles. The Bertz CT molecular complexity index is 655. The molecule has 0 spiro atoms. The number of hydrogen-bond donors (Lipinski definition) is 2. The van der Waals surface area contributed by atoms with Crippen molar-refractivity contribution in [2.24, 2.45) is 17.6 Å². The Kier molecular flexibility index (Phi) is 5.20. The zero-order chi connectivity index (χ0) is 17.3. The molecule has 1 saturated heterocycles. The van der Waals surface area contributed by atoms with Crippen LogP contribution >= 0.6 is 15.9 Å². The van der Waals surface area contributed by atoms with Crippen molar-refractivity contribution >= 4 is 27.7 Å². The lowest BCUT2D eigenvalue weighted by atomic mass is 9.98. The van der Waals surface area contributed by atoms with Crippen molar-refractivity contribution in [2.45, 2.75) is 25.3 Å². The fraction of sp³-hybridized carbons (Fsp3) is 0.529. The number of hydrogen-bond acceptors (Lipinski definition) is 3. The molecule has 0 radical (unpaired) electrons. The summed E-state index contributed by atoms with van der Waals surface area (Å²) >= 11 is 3.22. The van der Waals surface area contributed by atoms with Gasteiger partial charge in [0.25, 0.3) is 5.91 Å². The Morgan fingerprint density at radius 1 is 1.33 bits per heavy atom. The Hall–Kier alpha value is -1.47. The van der Waals surface area contributed by atoms with Crippen molar-refractivity contribution in [3.8, 4) is 0 Å². The fourth-order valence-corrected chi connectivity index (χ4v) is 4.15. The number of amides is 2. The number of fused-ring (bicyclic) bond motifs is 1. The quantitative estimate of drug-likeness (QED) is 0.814. The smallest absolute Gasteiger partial charge is 0.252 e. The molecular weight excluding hydrogens is 377 g/mol. The third-order valence-corrected chi connectivity index (χ3v) is 5.75. The van der Waals surface area contributed by atoms with Gasteiger partial charge >= 0.3 is 0 Å². The first-order valence-electron chi connectivity index (χ1n) is 8.22. The van der Waals surface area contributed by atoms with Gasteiger partial charge in [0.1, 0.15) is 5.82 Å². The Balaban J connectivity index is 1.47. The zero-order valence-electron chi connectivity index (χ0n) is 13.3. The van der Waals surface area contributed by atoms with Crippen LogP contribution in [0.15, 0.2) is 22.7 Å². The first-order valence-corrected chi connectivity index (χ1v) is 9.01. The van der Waals surface area contributed by atoms with Crippen molar-refractivity contribution in [3.05, 3.63) is 34.1 Å². The van der Waals surface area contributed by atoms with Crippen LogP contribution in [-0.2, 0) is 4.79 Å². The van der Waals surface area contributed by atoms with Crippen LogP contribution in [-0.4, -0.2) is 42.4 Å². The SMILES string of the molecule is NC1CCC2CN(C(=O)CCNC(=O)c3cc(F)ccc3Br)CC12. The first-order chi connectivity index (χ1) is 11.5. The summed E-state index contributed by atoms with van der Waals surface area (Å²) in [6.07, 6.45) is 2.39. The van der Waals surface area contributed by atoms with Gasteiger partial charge in [-0.05, 0) is 58.8 Å². The molecule has 1 saturated carbocycles. The number of carbonyl (C=O) groups is 2. The van der Waals surface area contributed by atoms with Crippen molar-refractivity contribution in [3.63, 3.8) is 0 Å². The van der Waals surface area contributed by atoms with E-state index in [0.29, 0.717) is 16.3 Å². The summed E-state index contributed by atoms with van der Waals surface area (Å²) in [7, 11) is 0. The van der Waals surface area contributed by atoms with Crippen molar-refractivity contribution in [1.82, 2.24) is 10.2 Å². The molecule has 130 valence electrons. The number of rotatable bonds is 4. The van der Waals surface area contributed by atoms with Crippen LogP contribution in [0.4, 0.5) is 4.39 Å². The van der Waals surface area contributed by atoms with Crippen LogP contribution < -0.4 is 11.1 Å². The fourth-order valence-electron chi connectivity index (χ4n) is 3.72. The van der Waals surface area contributed by atoms with Crippen LogP contribution in [0.5, 0.6) is 0 Å². The predicted octanol–water partition coefficient (Wildman–Crippen LogP) is 1.90. The molecule has 0 bridgehead atoms. The van der Waals surface area contributed by atoms with Crippen LogP contribution in [0.3, 0.4) is 0 Å². The van der Waals surface area contributed by atoms with Crippen LogP contribution in [0.25, 0.3) is 0 Å². The number of nitrogens with zero attached hydrogens (tertiary/aromatic N) is 1. The number of benzene rings is 1. The first kappa shape index (κ1) is 17.4. The zero-order valence-corrected chi connectivity index (χ0v) is 14.9. The molecule has 7 heteroatoms. The molecule has 24 heavy (non-hydrogen) atoms. The summed E-state index contributed by atoms with van der Waals surface area (Å²) in [6, 6.07) is 4.14. The summed E-state index contributed by atoms with van der Waals surface area (Å²) < 4.78 is 13.8. The molecule has 2 amide bonds. The molecule has 3 N–H and O–H groups in total. The Labute approximate surface area is 148 Å². The van der Waals surface area contributed by atoms with E-state index in [1.807, 2.05) is 4.90 Å². The van der Waals surface area contributed by atoms with Gasteiger partial charge in [0.2, 0.25) is 5.91 Å². The highest BCUT2D eigenvalue weighted by Crippen LogP contribution is 2.37. The molecule has 1 heterocycles. The van der Waals surface area contributed by atoms with E-state index in [0.717, 1.165) is 25.9 Å². The summed E-state index contributed by atoms with van der Waals surface area (Å²) in [5, 5.41) is 2.67. The second kappa shape index (κ2) is 7.19. The number of halogens is 2. The van der Waals surface area contributed by atoms with Crippen LogP contribution in [0, 0.1) is 17.7 Å². The molecule has 1 aliphatic carbocycles. The van der Waals surface area contributed by atoms with E-state index in [2.05, 4.69) is 21.2 Å². The standard InChI is InChI=1S/C17H21BrFN3O2/c18-14-3-2-11(19)7-12(14)17(24)21-6-5-16(23)22-8-10-1-4-15(20)13(10)9-22/h2-3,7,10,13,15H,1,4-6,8-9,20H2,(H,21,24).